The van der Waals surface area contributed by atoms with Gasteiger partial charge in [-0.2, -0.15) is 0 Å². The molecule has 0 bridgehead atoms. The topological polar surface area (TPSA) is 49.9 Å². The van der Waals surface area contributed by atoms with Crippen molar-refractivity contribution >= 4 is 34.5 Å². The normalized spacial score (nSPS) is 15.8. The Hall–Kier alpha value is -2.71. The quantitative estimate of drug-likeness (QED) is 0.469. The third-order valence-electron chi connectivity index (χ3n) is 5.72. The second-order valence-corrected chi connectivity index (χ2v) is 10.9. The number of thiophene rings is 2. The molecule has 8 heteroatoms. The van der Waals surface area contributed by atoms with E-state index in [-0.39, 0.29) is 36.8 Å². The van der Waals surface area contributed by atoms with Crippen LogP contribution in [-0.4, -0.2) is 46.8 Å². The van der Waals surface area contributed by atoms with E-state index in [0.29, 0.717) is 17.2 Å². The van der Waals surface area contributed by atoms with Crippen molar-refractivity contribution in [3.63, 3.8) is 0 Å². The molecule has 3 heterocycles. The van der Waals surface area contributed by atoms with E-state index < -0.39 is 5.54 Å². The molecule has 5 nitrogen and oxygen atoms in total. The highest BCUT2D eigenvalue weighted by atomic mass is 32.1. The number of hydrogen-bond donors (Lipinski definition) is 0. The molecule has 1 atom stereocenters. The number of carbonyl (C=O) groups excluding carboxylic acids is 2. The van der Waals surface area contributed by atoms with Gasteiger partial charge in [0.05, 0.1) is 10.9 Å². The SMILES string of the molecule is CC(C)(C)N(CC(=O)N1CCc2sccc2[C@@H]1COc1ccc(F)cc1)C(=O)c1cccs1. The van der Waals surface area contributed by atoms with Gasteiger partial charge in [0.15, 0.2) is 0 Å². The number of nitrogens with zero attached hydrogens (tertiary/aromatic N) is 2. The Morgan fingerprint density at radius 3 is 2.55 bits per heavy atom. The molecule has 0 unspecified atom stereocenters. The minimum Gasteiger partial charge on any atom is -0.491 e. The molecule has 0 aliphatic carbocycles. The zero-order chi connectivity index (χ0) is 23.6. The minimum atomic E-state index is -0.514. The van der Waals surface area contributed by atoms with Crippen molar-refractivity contribution in [2.24, 2.45) is 0 Å². The molecule has 1 aliphatic rings. The third kappa shape index (κ3) is 5.28. The Labute approximate surface area is 201 Å². The van der Waals surface area contributed by atoms with Gasteiger partial charge in [-0.15, -0.1) is 22.7 Å². The lowest BCUT2D eigenvalue weighted by atomic mass is 9.99. The van der Waals surface area contributed by atoms with Gasteiger partial charge in [0.1, 0.15) is 24.7 Å². The summed E-state index contributed by atoms with van der Waals surface area (Å²) in [5.74, 6) is -0.0254. The second-order valence-electron chi connectivity index (χ2n) is 8.96. The number of carbonyl (C=O) groups is 2. The van der Waals surface area contributed by atoms with Gasteiger partial charge in [0.25, 0.3) is 5.91 Å². The first kappa shape index (κ1) is 23.4. The summed E-state index contributed by atoms with van der Waals surface area (Å²) in [6.07, 6.45) is 0.778. The molecule has 2 amide bonds. The van der Waals surface area contributed by atoms with Crippen LogP contribution in [0.3, 0.4) is 0 Å². The highest BCUT2D eigenvalue weighted by Gasteiger charge is 2.36. The van der Waals surface area contributed by atoms with Crippen molar-refractivity contribution in [1.82, 2.24) is 9.80 Å². The molecule has 1 aliphatic heterocycles. The first-order valence-electron chi connectivity index (χ1n) is 10.8. The van der Waals surface area contributed by atoms with Gasteiger partial charge in [-0.1, -0.05) is 6.07 Å². The predicted molar refractivity (Wildman–Crippen MR) is 129 cm³/mol. The first-order chi connectivity index (χ1) is 15.7. The number of ether oxygens (including phenoxy) is 1. The van der Waals surface area contributed by atoms with Crippen LogP contribution in [0.25, 0.3) is 0 Å². The predicted octanol–water partition coefficient (Wildman–Crippen LogP) is 5.39. The number of fused-ring (bicyclic) bond motifs is 1. The van der Waals surface area contributed by atoms with Gasteiger partial charge in [-0.05, 0) is 79.9 Å². The smallest absolute Gasteiger partial charge is 0.264 e. The van der Waals surface area contributed by atoms with Gasteiger partial charge in [-0.3, -0.25) is 9.59 Å². The van der Waals surface area contributed by atoms with E-state index in [1.165, 1.54) is 28.3 Å². The van der Waals surface area contributed by atoms with Crippen LogP contribution in [0.2, 0.25) is 0 Å². The van der Waals surface area contributed by atoms with Crippen LogP contribution in [0.4, 0.5) is 4.39 Å². The lowest BCUT2D eigenvalue weighted by Crippen LogP contribution is -2.53. The number of hydrogen-bond acceptors (Lipinski definition) is 5. The van der Waals surface area contributed by atoms with Gasteiger partial charge in [0, 0.05) is 17.0 Å². The van der Waals surface area contributed by atoms with E-state index in [2.05, 4.69) is 0 Å². The van der Waals surface area contributed by atoms with Crippen molar-refractivity contribution in [1.29, 1.82) is 0 Å². The summed E-state index contributed by atoms with van der Waals surface area (Å²) in [6.45, 7) is 6.63. The number of halogens is 1. The Bertz CT molecular complexity index is 1100. The molecule has 1 aromatic carbocycles. The lowest BCUT2D eigenvalue weighted by molar-refractivity contribution is -0.136. The molecule has 0 fully saturated rings. The van der Waals surface area contributed by atoms with E-state index >= 15 is 0 Å². The Morgan fingerprint density at radius 2 is 1.88 bits per heavy atom. The van der Waals surface area contributed by atoms with Crippen LogP contribution in [-0.2, 0) is 11.2 Å². The summed E-state index contributed by atoms with van der Waals surface area (Å²) in [6, 6.07) is 11.3. The van der Waals surface area contributed by atoms with Gasteiger partial charge < -0.3 is 14.5 Å². The molecule has 0 N–H and O–H groups in total. The maximum atomic E-state index is 13.6. The van der Waals surface area contributed by atoms with Crippen molar-refractivity contribution < 1.29 is 18.7 Å². The molecule has 3 aromatic rings. The van der Waals surface area contributed by atoms with Crippen molar-refractivity contribution in [3.05, 3.63) is 74.4 Å². The summed E-state index contributed by atoms with van der Waals surface area (Å²) < 4.78 is 19.2. The summed E-state index contributed by atoms with van der Waals surface area (Å²) in [5.41, 5.74) is 0.564. The van der Waals surface area contributed by atoms with E-state index in [1.807, 2.05) is 48.6 Å². The molecule has 2 aromatic heterocycles. The summed E-state index contributed by atoms with van der Waals surface area (Å²) in [7, 11) is 0. The molecule has 0 saturated heterocycles. The van der Waals surface area contributed by atoms with E-state index in [4.69, 9.17) is 4.74 Å². The van der Waals surface area contributed by atoms with Gasteiger partial charge >= 0.3 is 0 Å². The highest BCUT2D eigenvalue weighted by molar-refractivity contribution is 7.12. The Balaban J connectivity index is 1.54. The maximum Gasteiger partial charge on any atom is 0.264 e. The van der Waals surface area contributed by atoms with E-state index in [1.54, 1.807) is 34.4 Å². The van der Waals surface area contributed by atoms with Crippen LogP contribution >= 0.6 is 22.7 Å². The standard InChI is InChI=1S/C25H27FN2O3S2/c1-25(2,3)28(24(30)22-5-4-13-32-22)15-23(29)27-12-10-21-19(11-14-33-21)20(27)16-31-18-8-6-17(26)7-9-18/h4-9,11,13-14,20H,10,12,15-16H2,1-3H3/t20-/m0/s1. The molecule has 0 saturated carbocycles. The largest absolute Gasteiger partial charge is 0.491 e. The maximum absolute atomic E-state index is 13.6. The molecular weight excluding hydrogens is 459 g/mol. The third-order valence-corrected chi connectivity index (χ3v) is 7.57. The monoisotopic (exact) mass is 486 g/mol. The zero-order valence-electron chi connectivity index (χ0n) is 18.9. The zero-order valence-corrected chi connectivity index (χ0v) is 20.5. The lowest BCUT2D eigenvalue weighted by Gasteiger charge is -2.40. The van der Waals surface area contributed by atoms with Crippen LogP contribution in [0.5, 0.6) is 5.75 Å². The number of rotatable bonds is 6. The average Bonchev–Trinajstić information content (AvgIpc) is 3.47. The van der Waals surface area contributed by atoms with Crippen molar-refractivity contribution in [3.8, 4) is 5.75 Å². The summed E-state index contributed by atoms with van der Waals surface area (Å²) in [4.78, 5) is 32.0. The van der Waals surface area contributed by atoms with E-state index in [9.17, 15) is 14.0 Å². The summed E-state index contributed by atoms with van der Waals surface area (Å²) >= 11 is 3.06. The molecular formula is C25H27FN2O3S2. The number of benzene rings is 1. The average molecular weight is 487 g/mol. The minimum absolute atomic E-state index is 0.00719. The molecule has 0 spiro atoms. The van der Waals surface area contributed by atoms with Crippen LogP contribution in [0.15, 0.2) is 53.2 Å². The Kier molecular flexibility index (Phi) is 6.86. The molecule has 0 radical (unpaired) electrons. The first-order valence-corrected chi connectivity index (χ1v) is 12.6. The van der Waals surface area contributed by atoms with Gasteiger partial charge in [0.2, 0.25) is 5.91 Å². The summed E-state index contributed by atoms with van der Waals surface area (Å²) in [5, 5.41) is 3.90. The van der Waals surface area contributed by atoms with Gasteiger partial charge in [-0.25, -0.2) is 4.39 Å². The van der Waals surface area contributed by atoms with Crippen LogP contribution < -0.4 is 4.74 Å². The Morgan fingerprint density at radius 1 is 1.12 bits per heavy atom. The second kappa shape index (κ2) is 9.65. The molecule has 33 heavy (non-hydrogen) atoms. The fourth-order valence-corrected chi connectivity index (χ4v) is 5.55. The highest BCUT2D eigenvalue weighted by Crippen LogP contribution is 2.34. The number of amides is 2. The van der Waals surface area contributed by atoms with E-state index in [0.717, 1.165) is 12.0 Å². The van der Waals surface area contributed by atoms with Crippen molar-refractivity contribution in [2.45, 2.75) is 38.8 Å². The van der Waals surface area contributed by atoms with Crippen molar-refractivity contribution in [2.75, 3.05) is 19.7 Å². The fraction of sp³-hybridized carbons (Fsp3) is 0.360. The fourth-order valence-electron chi connectivity index (χ4n) is 3.95. The van der Waals surface area contributed by atoms with Crippen LogP contribution in [0, 0.1) is 5.82 Å². The molecule has 174 valence electrons. The van der Waals surface area contributed by atoms with Crippen LogP contribution in [0.1, 0.15) is 46.9 Å². The molecule has 4 rings (SSSR count).